The van der Waals surface area contributed by atoms with Crippen molar-refractivity contribution in [3.8, 4) is 0 Å². The fourth-order valence-corrected chi connectivity index (χ4v) is 3.61. The van der Waals surface area contributed by atoms with Gasteiger partial charge in [0.1, 0.15) is 5.82 Å². The van der Waals surface area contributed by atoms with E-state index in [2.05, 4.69) is 11.6 Å². The molecule has 7 nitrogen and oxygen atoms in total. The van der Waals surface area contributed by atoms with Gasteiger partial charge in [-0.2, -0.15) is 4.98 Å². The summed E-state index contributed by atoms with van der Waals surface area (Å²) in [5.74, 6) is -0.0471. The molecule has 28 heavy (non-hydrogen) atoms. The molecule has 0 radical (unpaired) electrons. The van der Waals surface area contributed by atoms with Crippen LogP contribution < -0.4 is 11.2 Å². The molecule has 0 fully saturated rings. The maximum Gasteiger partial charge on any atom is 0.332 e. The van der Waals surface area contributed by atoms with E-state index in [-0.39, 0.29) is 28.3 Å². The van der Waals surface area contributed by atoms with Gasteiger partial charge in [0.15, 0.2) is 11.2 Å². The number of fused-ring (bicyclic) bond motifs is 3. The predicted octanol–water partition coefficient (Wildman–Crippen LogP) is 2.48. The molecule has 0 aliphatic carbocycles. The van der Waals surface area contributed by atoms with Crippen LogP contribution in [0.15, 0.2) is 46.6 Å². The Bertz CT molecular complexity index is 1360. The molecule has 0 atom stereocenters. The van der Waals surface area contributed by atoms with E-state index in [9.17, 15) is 14.0 Å². The van der Waals surface area contributed by atoms with E-state index in [1.807, 2.05) is 11.5 Å². The Kier molecular flexibility index (Phi) is 4.23. The first kappa shape index (κ1) is 18.2. The molecule has 0 amide bonds. The van der Waals surface area contributed by atoms with Crippen molar-refractivity contribution in [2.24, 2.45) is 7.05 Å². The van der Waals surface area contributed by atoms with Gasteiger partial charge in [0, 0.05) is 36.1 Å². The van der Waals surface area contributed by atoms with Crippen molar-refractivity contribution in [3.05, 3.63) is 80.0 Å². The second kappa shape index (κ2) is 6.49. The van der Waals surface area contributed by atoms with Gasteiger partial charge in [-0.1, -0.05) is 23.7 Å². The van der Waals surface area contributed by atoms with Crippen LogP contribution in [-0.2, 0) is 20.1 Å². The maximum absolute atomic E-state index is 14.2. The van der Waals surface area contributed by atoms with Crippen LogP contribution in [0.25, 0.3) is 16.9 Å². The minimum absolute atomic E-state index is 0.0869. The topological polar surface area (TPSA) is 66.2 Å². The fraction of sp³-hybridized carbons (Fsp3) is 0.211. The van der Waals surface area contributed by atoms with E-state index in [4.69, 9.17) is 11.6 Å². The Hall–Kier alpha value is -3.13. The molecule has 3 heterocycles. The predicted molar refractivity (Wildman–Crippen MR) is 106 cm³/mol. The van der Waals surface area contributed by atoms with Crippen LogP contribution in [0.2, 0.25) is 5.02 Å². The SMILES string of the molecule is C=CCn1c(C)cn2c3c(=O)n(Cc4c(F)cccc4Cl)c(=O)n(C)c3nc12. The number of hydrogen-bond donors (Lipinski definition) is 0. The lowest BCUT2D eigenvalue weighted by molar-refractivity contribution is 0.582. The highest BCUT2D eigenvalue weighted by Crippen LogP contribution is 2.20. The Labute approximate surface area is 163 Å². The summed E-state index contributed by atoms with van der Waals surface area (Å²) in [4.78, 5) is 30.5. The lowest BCUT2D eigenvalue weighted by atomic mass is 10.2. The highest BCUT2D eigenvalue weighted by atomic mass is 35.5. The average molecular weight is 402 g/mol. The number of imidazole rings is 2. The summed E-state index contributed by atoms with van der Waals surface area (Å²) >= 11 is 6.08. The molecule has 0 aliphatic heterocycles. The first-order valence-corrected chi connectivity index (χ1v) is 8.94. The number of aryl methyl sites for hydroxylation is 2. The van der Waals surface area contributed by atoms with Crippen LogP contribution >= 0.6 is 11.6 Å². The fourth-order valence-electron chi connectivity index (χ4n) is 3.39. The van der Waals surface area contributed by atoms with Crippen molar-refractivity contribution in [1.82, 2.24) is 23.1 Å². The Balaban J connectivity index is 2.05. The molecule has 0 N–H and O–H groups in total. The van der Waals surface area contributed by atoms with Gasteiger partial charge in [-0.15, -0.1) is 6.58 Å². The van der Waals surface area contributed by atoms with Gasteiger partial charge in [-0.05, 0) is 19.1 Å². The third kappa shape index (κ3) is 2.52. The summed E-state index contributed by atoms with van der Waals surface area (Å²) in [5.41, 5.74) is 0.338. The second-order valence-electron chi connectivity index (χ2n) is 6.56. The Morgan fingerprint density at radius 1 is 1.29 bits per heavy atom. The molecule has 0 saturated heterocycles. The molecule has 0 bridgehead atoms. The van der Waals surface area contributed by atoms with E-state index in [0.29, 0.717) is 12.3 Å². The zero-order chi connectivity index (χ0) is 20.2. The van der Waals surface area contributed by atoms with Crippen molar-refractivity contribution < 1.29 is 4.39 Å². The summed E-state index contributed by atoms with van der Waals surface area (Å²) in [7, 11) is 1.53. The first-order valence-electron chi connectivity index (χ1n) is 8.56. The molecular formula is C19H17ClFN5O2. The number of allylic oxidation sites excluding steroid dienone is 1. The molecule has 4 rings (SSSR count). The van der Waals surface area contributed by atoms with Gasteiger partial charge >= 0.3 is 5.69 Å². The minimum Gasteiger partial charge on any atom is -0.310 e. The quantitative estimate of drug-likeness (QED) is 0.493. The van der Waals surface area contributed by atoms with Crippen LogP contribution in [0.1, 0.15) is 11.3 Å². The van der Waals surface area contributed by atoms with Gasteiger partial charge < -0.3 is 4.57 Å². The second-order valence-corrected chi connectivity index (χ2v) is 6.96. The third-order valence-electron chi connectivity index (χ3n) is 4.83. The minimum atomic E-state index is -0.593. The molecule has 0 aliphatic rings. The molecule has 0 spiro atoms. The summed E-state index contributed by atoms with van der Waals surface area (Å²) in [6.07, 6.45) is 3.50. The molecule has 0 unspecified atom stereocenters. The Morgan fingerprint density at radius 3 is 2.71 bits per heavy atom. The number of nitrogens with zero attached hydrogens (tertiary/aromatic N) is 5. The summed E-state index contributed by atoms with van der Waals surface area (Å²) in [6.45, 7) is 5.87. The highest BCUT2D eigenvalue weighted by Gasteiger charge is 2.21. The highest BCUT2D eigenvalue weighted by molar-refractivity contribution is 6.31. The van der Waals surface area contributed by atoms with E-state index in [1.165, 1.54) is 29.8 Å². The maximum atomic E-state index is 14.2. The summed E-state index contributed by atoms with van der Waals surface area (Å²) < 4.78 is 20.0. The molecule has 0 saturated carbocycles. The zero-order valence-corrected chi connectivity index (χ0v) is 16.1. The van der Waals surface area contributed by atoms with E-state index in [0.717, 1.165) is 10.3 Å². The van der Waals surface area contributed by atoms with E-state index >= 15 is 0 Å². The van der Waals surface area contributed by atoms with Crippen molar-refractivity contribution in [2.75, 3.05) is 0 Å². The van der Waals surface area contributed by atoms with E-state index < -0.39 is 17.1 Å². The monoisotopic (exact) mass is 401 g/mol. The molecule has 1 aromatic carbocycles. The third-order valence-corrected chi connectivity index (χ3v) is 5.18. The van der Waals surface area contributed by atoms with Gasteiger partial charge in [-0.25, -0.2) is 9.18 Å². The molecule has 9 heteroatoms. The Morgan fingerprint density at radius 2 is 2.04 bits per heavy atom. The number of halogens is 2. The number of benzene rings is 1. The van der Waals surface area contributed by atoms with Crippen LogP contribution in [0.5, 0.6) is 0 Å². The van der Waals surface area contributed by atoms with Crippen molar-refractivity contribution in [1.29, 1.82) is 0 Å². The number of hydrogen-bond acceptors (Lipinski definition) is 3. The molecule has 4 aromatic rings. The van der Waals surface area contributed by atoms with Gasteiger partial charge in [0.05, 0.1) is 6.54 Å². The van der Waals surface area contributed by atoms with Crippen LogP contribution in [0.4, 0.5) is 4.39 Å². The lowest BCUT2D eigenvalue weighted by Crippen LogP contribution is -2.39. The number of rotatable bonds is 4. The van der Waals surface area contributed by atoms with E-state index in [1.54, 1.807) is 16.7 Å². The normalized spacial score (nSPS) is 11.6. The summed E-state index contributed by atoms with van der Waals surface area (Å²) in [5, 5.41) is 0.153. The molecule has 3 aromatic heterocycles. The molecule has 144 valence electrons. The largest absolute Gasteiger partial charge is 0.332 e. The van der Waals surface area contributed by atoms with Crippen LogP contribution in [0, 0.1) is 12.7 Å². The average Bonchev–Trinajstić information content (AvgIpc) is 3.15. The first-order chi connectivity index (χ1) is 13.3. The van der Waals surface area contributed by atoms with Gasteiger partial charge in [-0.3, -0.25) is 18.3 Å². The smallest absolute Gasteiger partial charge is 0.310 e. The van der Waals surface area contributed by atoms with Crippen LogP contribution in [-0.4, -0.2) is 23.1 Å². The summed E-state index contributed by atoms with van der Waals surface area (Å²) in [6, 6.07) is 4.23. The van der Waals surface area contributed by atoms with Gasteiger partial charge in [0.25, 0.3) is 5.56 Å². The number of aromatic nitrogens is 5. The van der Waals surface area contributed by atoms with Crippen LogP contribution in [0.3, 0.4) is 0 Å². The van der Waals surface area contributed by atoms with Crippen molar-refractivity contribution in [3.63, 3.8) is 0 Å². The molecular weight excluding hydrogens is 385 g/mol. The van der Waals surface area contributed by atoms with Crippen molar-refractivity contribution >= 4 is 28.5 Å². The van der Waals surface area contributed by atoms with Gasteiger partial charge in [0.2, 0.25) is 5.78 Å². The van der Waals surface area contributed by atoms with Crippen molar-refractivity contribution in [2.45, 2.75) is 20.0 Å². The zero-order valence-electron chi connectivity index (χ0n) is 15.3. The standard InChI is InChI=1S/C19H17ClFN5O2/c1-4-8-24-11(2)9-25-15-16(22-18(24)25)23(3)19(28)26(17(15)27)10-12-13(20)6-5-7-14(12)21/h4-7,9H,1,8,10H2,2-3H3. The lowest BCUT2D eigenvalue weighted by Gasteiger charge is -2.10.